The summed E-state index contributed by atoms with van der Waals surface area (Å²) in [6, 6.07) is 3.26. The van der Waals surface area contributed by atoms with E-state index in [2.05, 4.69) is 21.2 Å². The molecule has 0 saturated heterocycles. The molecule has 0 amide bonds. The predicted molar refractivity (Wildman–Crippen MR) is 82.0 cm³/mol. The van der Waals surface area contributed by atoms with E-state index < -0.39 is 16.6 Å². The van der Waals surface area contributed by atoms with Gasteiger partial charge < -0.3 is 11.1 Å². The molecule has 1 aromatic carbocycles. The van der Waals surface area contributed by atoms with Gasteiger partial charge in [0.1, 0.15) is 4.99 Å². The van der Waals surface area contributed by atoms with Crippen molar-refractivity contribution in [2.45, 2.75) is 6.42 Å². The summed E-state index contributed by atoms with van der Waals surface area (Å²) in [7, 11) is -0.820. The Morgan fingerprint density at radius 1 is 1.61 bits per heavy atom. The third kappa shape index (κ3) is 4.29. The summed E-state index contributed by atoms with van der Waals surface area (Å²) in [4.78, 5) is 0.147. The first kappa shape index (κ1) is 15.5. The van der Waals surface area contributed by atoms with Crippen molar-refractivity contribution in [1.82, 2.24) is 0 Å². The molecule has 0 heterocycles. The molecule has 0 fully saturated rings. The van der Waals surface area contributed by atoms with E-state index in [1.807, 2.05) is 0 Å². The van der Waals surface area contributed by atoms with Gasteiger partial charge in [0, 0.05) is 34.9 Å². The molecular formula is C11H14BrFN2OS2. The summed E-state index contributed by atoms with van der Waals surface area (Å²) in [6.07, 6.45) is 2.37. The van der Waals surface area contributed by atoms with E-state index in [0.29, 0.717) is 23.5 Å². The molecule has 0 aliphatic rings. The minimum Gasteiger partial charge on any atom is -0.389 e. The van der Waals surface area contributed by atoms with Crippen LogP contribution >= 0.6 is 28.1 Å². The van der Waals surface area contributed by atoms with Gasteiger partial charge in [-0.05, 0) is 34.5 Å². The zero-order valence-electron chi connectivity index (χ0n) is 9.83. The Balaban J connectivity index is 2.71. The first-order valence-corrected chi connectivity index (χ1v) is 8.18. The molecule has 0 aromatic heterocycles. The first-order valence-electron chi connectivity index (χ1n) is 5.25. The van der Waals surface area contributed by atoms with Crippen LogP contribution in [0.15, 0.2) is 16.6 Å². The van der Waals surface area contributed by atoms with Crippen molar-refractivity contribution in [3.05, 3.63) is 28.0 Å². The Morgan fingerprint density at radius 3 is 2.83 bits per heavy atom. The molecule has 0 aliphatic carbocycles. The molecule has 3 nitrogen and oxygen atoms in total. The lowest BCUT2D eigenvalue weighted by atomic mass is 10.2. The highest BCUT2D eigenvalue weighted by Crippen LogP contribution is 2.27. The second-order valence-electron chi connectivity index (χ2n) is 3.71. The van der Waals surface area contributed by atoms with Crippen LogP contribution in [-0.2, 0) is 10.8 Å². The molecule has 1 aromatic rings. The lowest BCUT2D eigenvalue weighted by Gasteiger charge is -2.10. The fourth-order valence-corrected chi connectivity index (χ4v) is 2.79. The minimum atomic E-state index is -0.820. The van der Waals surface area contributed by atoms with Gasteiger partial charge in [0.2, 0.25) is 0 Å². The molecule has 0 aliphatic heterocycles. The monoisotopic (exact) mass is 352 g/mol. The van der Waals surface area contributed by atoms with Gasteiger partial charge in [-0.15, -0.1) is 0 Å². The van der Waals surface area contributed by atoms with E-state index in [9.17, 15) is 8.60 Å². The van der Waals surface area contributed by atoms with Crippen molar-refractivity contribution >= 4 is 49.6 Å². The lowest BCUT2D eigenvalue weighted by Crippen LogP contribution is -2.12. The van der Waals surface area contributed by atoms with Gasteiger partial charge in [-0.1, -0.05) is 12.2 Å². The number of rotatable bonds is 6. The predicted octanol–water partition coefficient (Wildman–Crippen LogP) is 2.40. The highest BCUT2D eigenvalue weighted by Gasteiger charge is 2.12. The van der Waals surface area contributed by atoms with E-state index in [1.54, 1.807) is 18.4 Å². The average Bonchev–Trinajstić information content (AvgIpc) is 2.29. The molecule has 100 valence electrons. The quantitative estimate of drug-likeness (QED) is 0.609. The molecule has 0 bridgehead atoms. The number of benzene rings is 1. The van der Waals surface area contributed by atoms with Gasteiger partial charge in [0.25, 0.3) is 0 Å². The van der Waals surface area contributed by atoms with Gasteiger partial charge in [-0.2, -0.15) is 0 Å². The Kier molecular flexibility index (Phi) is 6.17. The zero-order valence-corrected chi connectivity index (χ0v) is 13.1. The van der Waals surface area contributed by atoms with E-state index in [1.165, 1.54) is 0 Å². The van der Waals surface area contributed by atoms with E-state index in [-0.39, 0.29) is 9.46 Å². The van der Waals surface area contributed by atoms with Crippen LogP contribution in [0, 0.1) is 5.82 Å². The standard InChI is InChI=1S/C11H14BrFN2OS2/c1-18(16)6-2-5-15-8-4-3-7(11(14)17)9(12)10(8)13/h3-4,15H,2,5-6H2,1H3,(H2,14,17). The van der Waals surface area contributed by atoms with E-state index in [4.69, 9.17) is 18.0 Å². The van der Waals surface area contributed by atoms with Crippen LogP contribution in [0.2, 0.25) is 0 Å². The van der Waals surface area contributed by atoms with Crippen molar-refractivity contribution < 1.29 is 8.60 Å². The average molecular weight is 353 g/mol. The van der Waals surface area contributed by atoms with Gasteiger partial charge in [-0.3, -0.25) is 4.21 Å². The third-order valence-electron chi connectivity index (χ3n) is 2.27. The molecular weight excluding hydrogens is 339 g/mol. The highest BCUT2D eigenvalue weighted by atomic mass is 79.9. The van der Waals surface area contributed by atoms with Gasteiger partial charge in [0.05, 0.1) is 10.2 Å². The second kappa shape index (κ2) is 7.16. The summed E-state index contributed by atoms with van der Waals surface area (Å²) < 4.78 is 25.1. The molecule has 0 radical (unpaired) electrons. The molecule has 1 rings (SSSR count). The Bertz CT molecular complexity index is 482. The highest BCUT2D eigenvalue weighted by molar-refractivity contribution is 9.10. The van der Waals surface area contributed by atoms with Crippen LogP contribution in [0.1, 0.15) is 12.0 Å². The molecule has 3 N–H and O–H groups in total. The molecule has 0 spiro atoms. The minimum absolute atomic E-state index is 0.147. The number of halogens is 2. The lowest BCUT2D eigenvalue weighted by molar-refractivity contribution is 0.623. The van der Waals surface area contributed by atoms with E-state index >= 15 is 0 Å². The first-order chi connectivity index (χ1) is 8.43. The number of anilines is 1. The summed E-state index contributed by atoms with van der Waals surface area (Å²) >= 11 is 7.95. The summed E-state index contributed by atoms with van der Waals surface area (Å²) in [5, 5.41) is 2.95. The molecule has 18 heavy (non-hydrogen) atoms. The third-order valence-corrected chi connectivity index (χ3v) is 4.13. The van der Waals surface area contributed by atoms with E-state index in [0.717, 1.165) is 6.42 Å². The van der Waals surface area contributed by atoms with Gasteiger partial charge >= 0.3 is 0 Å². The van der Waals surface area contributed by atoms with Crippen molar-refractivity contribution in [1.29, 1.82) is 0 Å². The fraction of sp³-hybridized carbons (Fsp3) is 0.364. The molecule has 1 atom stereocenters. The van der Waals surface area contributed by atoms with Gasteiger partial charge in [0.15, 0.2) is 5.82 Å². The zero-order chi connectivity index (χ0) is 13.7. The van der Waals surface area contributed by atoms with Crippen molar-refractivity contribution in [2.75, 3.05) is 23.9 Å². The van der Waals surface area contributed by atoms with Crippen LogP contribution in [0.3, 0.4) is 0 Å². The van der Waals surface area contributed by atoms with Crippen LogP contribution in [0.4, 0.5) is 10.1 Å². The molecule has 7 heteroatoms. The summed E-state index contributed by atoms with van der Waals surface area (Å²) in [5.74, 6) is 0.179. The van der Waals surface area contributed by atoms with Crippen LogP contribution < -0.4 is 11.1 Å². The molecule has 1 unspecified atom stereocenters. The number of nitrogens with one attached hydrogen (secondary N) is 1. The van der Waals surface area contributed by atoms with Crippen LogP contribution in [0.5, 0.6) is 0 Å². The Hall–Kier alpha value is -0.530. The number of hydrogen-bond donors (Lipinski definition) is 2. The number of hydrogen-bond acceptors (Lipinski definition) is 3. The fourth-order valence-electron chi connectivity index (χ4n) is 1.37. The SMILES string of the molecule is CS(=O)CCCNc1ccc(C(N)=S)c(Br)c1F. The number of nitrogens with two attached hydrogens (primary N) is 1. The van der Waals surface area contributed by atoms with Crippen LogP contribution in [0.25, 0.3) is 0 Å². The van der Waals surface area contributed by atoms with Crippen molar-refractivity contribution in [2.24, 2.45) is 5.73 Å². The smallest absolute Gasteiger partial charge is 0.161 e. The molecule has 0 saturated carbocycles. The maximum atomic E-state index is 13.9. The summed E-state index contributed by atoms with van der Waals surface area (Å²) in [6.45, 7) is 0.565. The van der Waals surface area contributed by atoms with Gasteiger partial charge in [-0.25, -0.2) is 4.39 Å². The maximum Gasteiger partial charge on any atom is 0.161 e. The topological polar surface area (TPSA) is 55.1 Å². The largest absolute Gasteiger partial charge is 0.389 e. The van der Waals surface area contributed by atoms with Crippen molar-refractivity contribution in [3.63, 3.8) is 0 Å². The van der Waals surface area contributed by atoms with Crippen LogP contribution in [-0.4, -0.2) is 27.8 Å². The number of thiocarbonyl (C=S) groups is 1. The second-order valence-corrected chi connectivity index (χ2v) is 6.50. The normalized spacial score (nSPS) is 12.2. The Labute approximate surface area is 122 Å². The Morgan fingerprint density at radius 2 is 2.28 bits per heavy atom. The van der Waals surface area contributed by atoms with Crippen molar-refractivity contribution in [3.8, 4) is 0 Å². The summed E-state index contributed by atoms with van der Waals surface area (Å²) in [5.41, 5.74) is 6.32. The maximum absolute atomic E-state index is 13.9.